The van der Waals surface area contributed by atoms with Crippen LogP contribution >= 0.6 is 0 Å². The lowest BCUT2D eigenvalue weighted by Gasteiger charge is -2.14. The first-order valence-corrected chi connectivity index (χ1v) is 6.65. The van der Waals surface area contributed by atoms with Crippen LogP contribution in [0.1, 0.15) is 33.4 Å². The van der Waals surface area contributed by atoms with Crippen LogP contribution in [-0.4, -0.2) is 4.57 Å². The fourth-order valence-electron chi connectivity index (χ4n) is 2.44. The first-order valence-electron chi connectivity index (χ1n) is 6.65. The van der Waals surface area contributed by atoms with Crippen molar-refractivity contribution >= 4 is 10.9 Å². The smallest absolute Gasteiger partial charge is 0.0482 e. The minimum atomic E-state index is 0.691. The lowest BCUT2D eigenvalue weighted by Crippen LogP contribution is -2.09. The fourth-order valence-corrected chi connectivity index (χ4v) is 2.44. The Kier molecular flexibility index (Phi) is 3.56. The second-order valence-electron chi connectivity index (χ2n) is 5.80. The third-order valence-electron chi connectivity index (χ3n) is 3.06. The van der Waals surface area contributed by atoms with Gasteiger partial charge in [-0.15, -0.1) is 0 Å². The summed E-state index contributed by atoms with van der Waals surface area (Å²) < 4.78 is 2.50. The Morgan fingerprint density at radius 2 is 1.71 bits per heavy atom. The van der Waals surface area contributed by atoms with Crippen molar-refractivity contribution in [1.29, 1.82) is 0 Å². The lowest BCUT2D eigenvalue weighted by molar-refractivity contribution is 0.507. The normalized spacial score (nSPS) is 11.9. The molecular weight excluding hydrogens is 206 g/mol. The minimum absolute atomic E-state index is 0.691. The zero-order valence-electron chi connectivity index (χ0n) is 11.4. The van der Waals surface area contributed by atoms with Gasteiger partial charge in [-0.3, -0.25) is 0 Å². The van der Waals surface area contributed by atoms with Crippen LogP contribution in [0, 0.1) is 11.8 Å². The zero-order valence-corrected chi connectivity index (χ0v) is 11.4. The Morgan fingerprint density at radius 3 is 2.35 bits per heavy atom. The van der Waals surface area contributed by atoms with Crippen molar-refractivity contribution in [2.45, 2.75) is 40.7 Å². The fraction of sp³-hybridized carbons (Fsp3) is 0.500. The molecule has 92 valence electrons. The van der Waals surface area contributed by atoms with E-state index in [0.29, 0.717) is 11.8 Å². The van der Waals surface area contributed by atoms with Crippen LogP contribution in [0.15, 0.2) is 30.3 Å². The molecule has 0 aliphatic heterocycles. The Morgan fingerprint density at radius 1 is 1.00 bits per heavy atom. The molecule has 0 saturated heterocycles. The van der Waals surface area contributed by atoms with Gasteiger partial charge in [-0.2, -0.15) is 0 Å². The van der Waals surface area contributed by atoms with Gasteiger partial charge in [0.2, 0.25) is 0 Å². The lowest BCUT2D eigenvalue weighted by atomic mass is 10.1. The van der Waals surface area contributed by atoms with Gasteiger partial charge in [-0.25, -0.2) is 0 Å². The molecule has 1 aromatic carbocycles. The highest BCUT2D eigenvalue weighted by Gasteiger charge is 2.10. The SMILES string of the molecule is CC(C)Cc1cc2ccccc2n1CC(C)C. The maximum absolute atomic E-state index is 2.50. The predicted molar refractivity (Wildman–Crippen MR) is 75.3 cm³/mol. The van der Waals surface area contributed by atoms with E-state index in [2.05, 4.69) is 62.6 Å². The monoisotopic (exact) mass is 229 g/mol. The van der Waals surface area contributed by atoms with Crippen molar-refractivity contribution < 1.29 is 0 Å². The van der Waals surface area contributed by atoms with E-state index >= 15 is 0 Å². The Balaban J connectivity index is 2.48. The van der Waals surface area contributed by atoms with E-state index in [1.54, 1.807) is 0 Å². The predicted octanol–water partition coefficient (Wildman–Crippen LogP) is 4.50. The summed E-state index contributed by atoms with van der Waals surface area (Å²) in [6.07, 6.45) is 1.17. The van der Waals surface area contributed by atoms with E-state index in [0.717, 1.165) is 6.54 Å². The quantitative estimate of drug-likeness (QED) is 0.727. The number of rotatable bonds is 4. The van der Waals surface area contributed by atoms with Crippen LogP contribution in [0.25, 0.3) is 10.9 Å². The van der Waals surface area contributed by atoms with Gasteiger partial charge < -0.3 is 4.57 Å². The molecule has 0 spiro atoms. The number of benzene rings is 1. The number of hydrogen-bond acceptors (Lipinski definition) is 0. The van der Waals surface area contributed by atoms with Crippen LogP contribution in [0.4, 0.5) is 0 Å². The summed E-state index contributed by atoms with van der Waals surface area (Å²) in [6.45, 7) is 10.3. The summed E-state index contributed by atoms with van der Waals surface area (Å²) >= 11 is 0. The number of fused-ring (bicyclic) bond motifs is 1. The Bertz CT molecular complexity index is 491. The molecule has 0 unspecified atom stereocenters. The van der Waals surface area contributed by atoms with Crippen molar-refractivity contribution in [2.24, 2.45) is 11.8 Å². The van der Waals surface area contributed by atoms with Gasteiger partial charge >= 0.3 is 0 Å². The molecule has 0 aliphatic rings. The molecule has 1 nitrogen and oxygen atoms in total. The Labute approximate surface area is 104 Å². The van der Waals surface area contributed by atoms with Gasteiger partial charge in [0.1, 0.15) is 0 Å². The second-order valence-corrected chi connectivity index (χ2v) is 5.80. The number of nitrogens with zero attached hydrogens (tertiary/aromatic N) is 1. The summed E-state index contributed by atoms with van der Waals surface area (Å²) in [5.74, 6) is 1.40. The summed E-state index contributed by atoms with van der Waals surface area (Å²) in [7, 11) is 0. The molecule has 2 aromatic rings. The molecular formula is C16H23N. The summed E-state index contributed by atoms with van der Waals surface area (Å²) in [5, 5.41) is 1.38. The summed E-state index contributed by atoms with van der Waals surface area (Å²) in [6, 6.07) is 11.1. The standard InChI is InChI=1S/C16H23N/c1-12(2)9-15-10-14-7-5-6-8-16(14)17(15)11-13(3)4/h5-8,10,12-13H,9,11H2,1-4H3. The largest absolute Gasteiger partial charge is 0.344 e. The van der Waals surface area contributed by atoms with Gasteiger partial charge in [-0.05, 0) is 35.8 Å². The average Bonchev–Trinajstić information content (AvgIpc) is 2.55. The number of para-hydroxylation sites is 1. The molecule has 0 fully saturated rings. The molecule has 17 heavy (non-hydrogen) atoms. The molecule has 0 aliphatic carbocycles. The minimum Gasteiger partial charge on any atom is -0.344 e. The van der Waals surface area contributed by atoms with Gasteiger partial charge in [0, 0.05) is 17.8 Å². The highest BCUT2D eigenvalue weighted by molar-refractivity contribution is 5.81. The molecule has 0 radical (unpaired) electrons. The van der Waals surface area contributed by atoms with Gasteiger partial charge in [0.05, 0.1) is 0 Å². The third-order valence-corrected chi connectivity index (χ3v) is 3.06. The van der Waals surface area contributed by atoms with Crippen molar-refractivity contribution in [3.63, 3.8) is 0 Å². The van der Waals surface area contributed by atoms with Crippen molar-refractivity contribution in [3.05, 3.63) is 36.0 Å². The summed E-state index contributed by atoms with van der Waals surface area (Å²) in [4.78, 5) is 0. The third kappa shape index (κ3) is 2.71. The van der Waals surface area contributed by atoms with Gasteiger partial charge in [0.15, 0.2) is 0 Å². The molecule has 0 amide bonds. The maximum Gasteiger partial charge on any atom is 0.0482 e. The van der Waals surface area contributed by atoms with E-state index in [4.69, 9.17) is 0 Å². The molecule has 0 saturated carbocycles. The average molecular weight is 229 g/mol. The summed E-state index contributed by atoms with van der Waals surface area (Å²) in [5.41, 5.74) is 2.87. The molecule has 0 atom stereocenters. The van der Waals surface area contributed by atoms with Crippen LogP contribution < -0.4 is 0 Å². The van der Waals surface area contributed by atoms with Crippen molar-refractivity contribution in [1.82, 2.24) is 4.57 Å². The van der Waals surface area contributed by atoms with E-state index in [-0.39, 0.29) is 0 Å². The van der Waals surface area contributed by atoms with Crippen LogP contribution in [-0.2, 0) is 13.0 Å². The number of hydrogen-bond donors (Lipinski definition) is 0. The van der Waals surface area contributed by atoms with E-state index in [1.807, 2.05) is 0 Å². The van der Waals surface area contributed by atoms with E-state index in [1.165, 1.54) is 23.0 Å². The topological polar surface area (TPSA) is 4.93 Å². The first-order chi connectivity index (χ1) is 8.08. The second kappa shape index (κ2) is 4.95. The van der Waals surface area contributed by atoms with E-state index in [9.17, 15) is 0 Å². The molecule has 1 aromatic heterocycles. The molecule has 0 N–H and O–H groups in total. The molecule has 1 heteroatoms. The van der Waals surface area contributed by atoms with Crippen LogP contribution in [0.3, 0.4) is 0 Å². The van der Waals surface area contributed by atoms with Crippen LogP contribution in [0.5, 0.6) is 0 Å². The van der Waals surface area contributed by atoms with Gasteiger partial charge in [-0.1, -0.05) is 45.9 Å². The van der Waals surface area contributed by atoms with Crippen molar-refractivity contribution in [2.75, 3.05) is 0 Å². The van der Waals surface area contributed by atoms with E-state index < -0.39 is 0 Å². The first kappa shape index (κ1) is 12.2. The molecule has 2 rings (SSSR count). The highest BCUT2D eigenvalue weighted by Crippen LogP contribution is 2.23. The zero-order chi connectivity index (χ0) is 12.4. The molecule has 0 bridgehead atoms. The van der Waals surface area contributed by atoms with Gasteiger partial charge in [0.25, 0.3) is 0 Å². The number of aromatic nitrogens is 1. The highest BCUT2D eigenvalue weighted by atomic mass is 15.0. The maximum atomic E-state index is 2.50. The molecule has 1 heterocycles. The van der Waals surface area contributed by atoms with Crippen molar-refractivity contribution in [3.8, 4) is 0 Å². The van der Waals surface area contributed by atoms with Crippen LogP contribution in [0.2, 0.25) is 0 Å². The Hall–Kier alpha value is -1.24.